The number of alkyl halides is 1. The number of hydrogen-bond donors (Lipinski definition) is 0. The van der Waals surface area contributed by atoms with E-state index in [1.807, 2.05) is 12.3 Å². The molecule has 6 nitrogen and oxygen atoms in total. The van der Waals surface area contributed by atoms with Gasteiger partial charge in [-0.1, -0.05) is 0 Å². The number of amides is 1. The molecule has 3 heterocycles. The number of carbonyl (C=O) groups excluding carboxylic acids is 1. The summed E-state index contributed by atoms with van der Waals surface area (Å²) in [5.74, 6) is 0.523. The van der Waals surface area contributed by atoms with Crippen LogP contribution in [0.4, 0.5) is 4.39 Å². The summed E-state index contributed by atoms with van der Waals surface area (Å²) >= 11 is 1.55. The number of piperidine rings is 1. The number of carbonyl (C=O) groups is 1. The number of nitrogens with zero attached hydrogens (tertiary/aromatic N) is 2. The van der Waals surface area contributed by atoms with Crippen molar-refractivity contribution < 1.29 is 23.4 Å². The van der Waals surface area contributed by atoms with Crippen LogP contribution in [0, 0.1) is 6.92 Å². The molecule has 1 aromatic heterocycles. The van der Waals surface area contributed by atoms with Gasteiger partial charge in [-0.3, -0.25) is 4.79 Å². The van der Waals surface area contributed by atoms with Crippen LogP contribution in [0.1, 0.15) is 41.2 Å². The first-order valence-corrected chi connectivity index (χ1v) is 10.5. The van der Waals surface area contributed by atoms with Crippen LogP contribution in [0.3, 0.4) is 0 Å². The monoisotopic (exact) mass is 420 g/mol. The maximum atomic E-state index is 13.7. The fraction of sp³-hybridized carbons (Fsp3) is 0.524. The van der Waals surface area contributed by atoms with E-state index in [0.29, 0.717) is 30.8 Å². The molecule has 0 saturated carbocycles. The molecule has 29 heavy (non-hydrogen) atoms. The van der Waals surface area contributed by atoms with Gasteiger partial charge in [0.15, 0.2) is 5.60 Å². The van der Waals surface area contributed by atoms with Gasteiger partial charge in [0.2, 0.25) is 0 Å². The predicted molar refractivity (Wildman–Crippen MR) is 107 cm³/mol. The van der Waals surface area contributed by atoms with Crippen LogP contribution in [0.5, 0.6) is 5.75 Å². The Morgan fingerprint density at radius 1 is 1.48 bits per heavy atom. The highest BCUT2D eigenvalue weighted by molar-refractivity contribution is 7.09. The largest absolute Gasteiger partial charge is 0.490 e. The van der Waals surface area contributed by atoms with Crippen molar-refractivity contribution in [3.8, 4) is 5.75 Å². The minimum absolute atomic E-state index is 0.0366. The average Bonchev–Trinajstić information content (AvgIpc) is 3.35. The molecule has 0 bridgehead atoms. The zero-order valence-electron chi connectivity index (χ0n) is 16.8. The zero-order valence-corrected chi connectivity index (χ0v) is 17.6. The fourth-order valence-corrected chi connectivity index (χ4v) is 4.64. The molecule has 4 rings (SSSR count). The van der Waals surface area contributed by atoms with E-state index in [9.17, 15) is 9.18 Å². The van der Waals surface area contributed by atoms with Gasteiger partial charge in [0.25, 0.3) is 5.91 Å². The molecule has 2 fully saturated rings. The number of ether oxygens (including phenoxy) is 3. The second-order valence-corrected chi connectivity index (χ2v) is 9.03. The Bertz CT molecular complexity index is 883. The lowest BCUT2D eigenvalue weighted by atomic mass is 9.88. The molecule has 2 aliphatic rings. The van der Waals surface area contributed by atoms with Crippen molar-refractivity contribution in [3.63, 3.8) is 0 Å². The van der Waals surface area contributed by atoms with E-state index in [1.165, 1.54) is 13.8 Å². The third-order valence-electron chi connectivity index (χ3n) is 5.32. The molecule has 0 radical (unpaired) electrons. The van der Waals surface area contributed by atoms with E-state index in [1.54, 1.807) is 40.6 Å². The van der Waals surface area contributed by atoms with Crippen molar-refractivity contribution >= 4 is 17.2 Å². The van der Waals surface area contributed by atoms with Crippen molar-refractivity contribution in [2.75, 3.05) is 26.5 Å². The Morgan fingerprint density at radius 3 is 3.00 bits per heavy atom. The van der Waals surface area contributed by atoms with Crippen LogP contribution in [0.2, 0.25) is 0 Å². The molecule has 0 spiro atoms. The standard InChI is InChI=1S/C21H25FN2O4S/c1-14-10-15(4-5-16(14)26-12-20(2,3)22)18(25)24-8-6-21(19-23-7-9-29-19)17(11-24)27-13-28-21/h4-5,7,9-10,17H,6,8,11-13H2,1-3H3/t17-,21+/m1/s1. The van der Waals surface area contributed by atoms with Crippen molar-refractivity contribution in [2.24, 2.45) is 0 Å². The van der Waals surface area contributed by atoms with Gasteiger partial charge in [0.05, 0.1) is 6.54 Å². The quantitative estimate of drug-likeness (QED) is 0.738. The maximum Gasteiger partial charge on any atom is 0.253 e. The molecule has 0 N–H and O–H groups in total. The van der Waals surface area contributed by atoms with Crippen molar-refractivity contribution in [2.45, 2.75) is 44.6 Å². The molecule has 2 saturated heterocycles. The molecule has 156 valence electrons. The van der Waals surface area contributed by atoms with E-state index in [-0.39, 0.29) is 25.4 Å². The number of fused-ring (bicyclic) bond motifs is 1. The first-order chi connectivity index (χ1) is 13.8. The van der Waals surface area contributed by atoms with Gasteiger partial charge in [0, 0.05) is 30.1 Å². The highest BCUT2D eigenvalue weighted by atomic mass is 32.1. The Balaban J connectivity index is 1.46. The highest BCUT2D eigenvalue weighted by Gasteiger charge is 2.52. The Morgan fingerprint density at radius 2 is 2.31 bits per heavy atom. The summed E-state index contributed by atoms with van der Waals surface area (Å²) in [5, 5.41) is 2.83. The molecule has 1 amide bonds. The van der Waals surface area contributed by atoms with E-state index in [2.05, 4.69) is 4.98 Å². The van der Waals surface area contributed by atoms with E-state index in [4.69, 9.17) is 14.2 Å². The van der Waals surface area contributed by atoms with E-state index in [0.717, 1.165) is 10.6 Å². The summed E-state index contributed by atoms with van der Waals surface area (Å²) in [4.78, 5) is 19.3. The molecular formula is C21H25FN2O4S. The predicted octanol–water partition coefficient (Wildman–Crippen LogP) is 3.69. The number of aryl methyl sites for hydroxylation is 1. The van der Waals surface area contributed by atoms with Gasteiger partial charge in [0.1, 0.15) is 35.9 Å². The third kappa shape index (κ3) is 4.01. The SMILES string of the molecule is Cc1cc(C(=O)N2CC[C@]3(c4nccs4)OCO[C@@H]3C2)ccc1OCC(C)(C)F. The lowest BCUT2D eigenvalue weighted by molar-refractivity contribution is -0.0440. The summed E-state index contributed by atoms with van der Waals surface area (Å²) in [6.45, 7) is 5.98. The van der Waals surface area contributed by atoms with Gasteiger partial charge in [-0.2, -0.15) is 0 Å². The summed E-state index contributed by atoms with van der Waals surface area (Å²) < 4.78 is 31.0. The second kappa shape index (κ2) is 7.66. The second-order valence-electron chi connectivity index (χ2n) is 8.13. The normalized spacial score (nSPS) is 24.4. The number of thiazole rings is 1. The Hall–Kier alpha value is -2.03. The minimum Gasteiger partial charge on any atom is -0.490 e. The average molecular weight is 421 g/mol. The molecule has 2 aliphatic heterocycles. The molecule has 2 atom stereocenters. The lowest BCUT2D eigenvalue weighted by Gasteiger charge is -2.40. The highest BCUT2D eigenvalue weighted by Crippen LogP contribution is 2.43. The molecule has 8 heteroatoms. The minimum atomic E-state index is -1.41. The van der Waals surface area contributed by atoms with Gasteiger partial charge in [-0.25, -0.2) is 9.37 Å². The van der Waals surface area contributed by atoms with E-state index < -0.39 is 11.3 Å². The number of benzene rings is 1. The lowest BCUT2D eigenvalue weighted by Crippen LogP contribution is -2.53. The van der Waals surface area contributed by atoms with Gasteiger partial charge in [-0.05, 0) is 44.5 Å². The molecular weight excluding hydrogens is 395 g/mol. The van der Waals surface area contributed by atoms with Crippen LogP contribution in [-0.2, 0) is 15.1 Å². The topological polar surface area (TPSA) is 60.9 Å². The van der Waals surface area contributed by atoms with Crippen LogP contribution >= 0.6 is 11.3 Å². The first-order valence-electron chi connectivity index (χ1n) is 9.66. The summed E-state index contributed by atoms with van der Waals surface area (Å²) in [6, 6.07) is 5.25. The van der Waals surface area contributed by atoms with Gasteiger partial charge in [-0.15, -0.1) is 11.3 Å². The summed E-state index contributed by atoms with van der Waals surface area (Å²) in [6.07, 6.45) is 2.17. The third-order valence-corrected chi connectivity index (χ3v) is 6.25. The van der Waals surface area contributed by atoms with Crippen LogP contribution in [0.25, 0.3) is 0 Å². The zero-order chi connectivity index (χ0) is 20.6. The number of halogens is 1. The van der Waals surface area contributed by atoms with Crippen molar-refractivity contribution in [1.82, 2.24) is 9.88 Å². The van der Waals surface area contributed by atoms with Crippen molar-refractivity contribution in [1.29, 1.82) is 0 Å². The molecule has 2 aromatic rings. The number of hydrogen-bond acceptors (Lipinski definition) is 6. The van der Waals surface area contributed by atoms with Crippen LogP contribution in [0.15, 0.2) is 29.8 Å². The van der Waals surface area contributed by atoms with Gasteiger partial charge >= 0.3 is 0 Å². The number of likely N-dealkylation sites (tertiary alicyclic amines) is 1. The van der Waals surface area contributed by atoms with Crippen LogP contribution < -0.4 is 4.74 Å². The number of aromatic nitrogens is 1. The summed E-state index contributed by atoms with van der Waals surface area (Å²) in [5.41, 5.74) is -0.593. The Labute approximate surface area is 173 Å². The van der Waals surface area contributed by atoms with Gasteiger partial charge < -0.3 is 19.1 Å². The molecule has 0 aliphatic carbocycles. The molecule has 1 aromatic carbocycles. The maximum absolute atomic E-state index is 13.7. The first kappa shape index (κ1) is 20.3. The molecule has 0 unspecified atom stereocenters. The smallest absolute Gasteiger partial charge is 0.253 e. The van der Waals surface area contributed by atoms with Crippen LogP contribution in [-0.4, -0.2) is 54.1 Å². The van der Waals surface area contributed by atoms with Crippen molar-refractivity contribution in [3.05, 3.63) is 45.9 Å². The fourth-order valence-electron chi connectivity index (χ4n) is 3.77. The number of rotatable bonds is 5. The van der Waals surface area contributed by atoms with E-state index >= 15 is 0 Å². The summed E-state index contributed by atoms with van der Waals surface area (Å²) in [7, 11) is 0. The Kier molecular flexibility index (Phi) is 5.35.